The number of Topliss-reactive ketones (excluding diaryl/α,β-unsaturated/α-hetero) is 1. The molecular weight excluding hydrogens is 291 g/mol. The molecule has 1 fully saturated rings. The molecule has 0 aromatic heterocycles. The van der Waals surface area contributed by atoms with Crippen LogP contribution >= 0.6 is 0 Å². The van der Waals surface area contributed by atoms with Crippen LogP contribution in [0.5, 0.6) is 0 Å². The molecule has 9 heteroatoms. The number of rotatable bonds is 3. The van der Waals surface area contributed by atoms with Gasteiger partial charge >= 0.3 is 5.69 Å². The minimum atomic E-state index is -4.18. The van der Waals surface area contributed by atoms with Gasteiger partial charge in [0.05, 0.1) is 4.92 Å². The van der Waals surface area contributed by atoms with Gasteiger partial charge in [-0.3, -0.25) is 14.9 Å². The summed E-state index contributed by atoms with van der Waals surface area (Å²) in [5.74, 6) is -1.27. The zero-order chi connectivity index (χ0) is 14.9. The molecular formula is C11H11FN2O5S. The number of sulfonamides is 1. The van der Waals surface area contributed by atoms with E-state index in [-0.39, 0.29) is 31.7 Å². The topological polar surface area (TPSA) is 97.6 Å². The lowest BCUT2D eigenvalue weighted by Gasteiger charge is -2.25. The smallest absolute Gasteiger partial charge is 0.300 e. The van der Waals surface area contributed by atoms with Crippen LogP contribution in [-0.2, 0) is 14.8 Å². The zero-order valence-corrected chi connectivity index (χ0v) is 11.1. The van der Waals surface area contributed by atoms with Crippen molar-refractivity contribution in [3.63, 3.8) is 0 Å². The molecule has 7 nitrogen and oxygen atoms in total. The summed E-state index contributed by atoms with van der Waals surface area (Å²) < 4.78 is 39.1. The van der Waals surface area contributed by atoms with Crippen molar-refractivity contribution in [3.8, 4) is 0 Å². The lowest BCUT2D eigenvalue weighted by molar-refractivity contribution is -0.390. The first-order chi connectivity index (χ1) is 9.34. The Balaban J connectivity index is 2.47. The lowest BCUT2D eigenvalue weighted by Crippen LogP contribution is -2.38. The molecule has 1 aromatic rings. The third-order valence-electron chi connectivity index (χ3n) is 3.03. The van der Waals surface area contributed by atoms with E-state index in [2.05, 4.69) is 0 Å². The second-order valence-electron chi connectivity index (χ2n) is 4.29. The maximum atomic E-state index is 13.5. The van der Waals surface area contributed by atoms with Crippen molar-refractivity contribution in [1.82, 2.24) is 4.31 Å². The van der Waals surface area contributed by atoms with Crippen molar-refractivity contribution >= 4 is 21.5 Å². The highest BCUT2D eigenvalue weighted by Gasteiger charge is 2.35. The van der Waals surface area contributed by atoms with Crippen LogP contribution in [0.3, 0.4) is 0 Å². The third kappa shape index (κ3) is 2.54. The number of halogens is 1. The predicted octanol–water partition coefficient (Wildman–Crippen LogP) is 1.09. The quantitative estimate of drug-likeness (QED) is 0.615. The number of piperidine rings is 1. The van der Waals surface area contributed by atoms with E-state index in [1.165, 1.54) is 0 Å². The van der Waals surface area contributed by atoms with Crippen LogP contribution in [0.2, 0.25) is 0 Å². The van der Waals surface area contributed by atoms with Gasteiger partial charge in [0.1, 0.15) is 5.78 Å². The molecule has 1 aliphatic heterocycles. The molecule has 0 saturated carbocycles. The number of ketones is 1. The van der Waals surface area contributed by atoms with Crippen LogP contribution < -0.4 is 0 Å². The number of carbonyl (C=O) groups excluding carboxylic acids is 1. The van der Waals surface area contributed by atoms with Crippen molar-refractivity contribution in [1.29, 1.82) is 0 Å². The zero-order valence-electron chi connectivity index (χ0n) is 10.3. The summed E-state index contributed by atoms with van der Waals surface area (Å²) >= 11 is 0. The molecule has 0 amide bonds. The Morgan fingerprint density at radius 3 is 2.40 bits per heavy atom. The van der Waals surface area contributed by atoms with Crippen LogP contribution in [0, 0.1) is 15.9 Å². The molecule has 0 spiro atoms. The fourth-order valence-corrected chi connectivity index (χ4v) is 3.60. The molecule has 0 unspecified atom stereocenters. The van der Waals surface area contributed by atoms with Gasteiger partial charge < -0.3 is 0 Å². The second kappa shape index (κ2) is 5.25. The summed E-state index contributed by atoms with van der Waals surface area (Å²) in [7, 11) is -4.18. The van der Waals surface area contributed by atoms with Crippen molar-refractivity contribution in [2.45, 2.75) is 17.7 Å². The van der Waals surface area contributed by atoms with E-state index in [0.717, 1.165) is 22.5 Å². The van der Waals surface area contributed by atoms with Gasteiger partial charge in [-0.1, -0.05) is 6.07 Å². The van der Waals surface area contributed by atoms with E-state index >= 15 is 0 Å². The Hall–Kier alpha value is -1.87. The molecule has 20 heavy (non-hydrogen) atoms. The summed E-state index contributed by atoms with van der Waals surface area (Å²) in [6.45, 7) is -0.0936. The van der Waals surface area contributed by atoms with Gasteiger partial charge in [0.25, 0.3) is 0 Å². The minimum absolute atomic E-state index is 0.0468. The molecule has 0 radical (unpaired) electrons. The largest absolute Gasteiger partial charge is 0.324 e. The summed E-state index contributed by atoms with van der Waals surface area (Å²) in [5.41, 5.74) is -1.07. The molecule has 108 valence electrons. The van der Waals surface area contributed by atoms with E-state index in [0.29, 0.717) is 0 Å². The highest BCUT2D eigenvalue weighted by molar-refractivity contribution is 7.89. The maximum absolute atomic E-state index is 13.5. The van der Waals surface area contributed by atoms with Crippen LogP contribution in [0.25, 0.3) is 0 Å². The first kappa shape index (κ1) is 14.5. The Bertz CT molecular complexity index is 663. The molecule has 1 heterocycles. The number of benzene rings is 1. The molecule has 1 aromatic carbocycles. The molecule has 2 rings (SSSR count). The number of nitro benzene ring substituents is 1. The van der Waals surface area contributed by atoms with Crippen LogP contribution in [0.1, 0.15) is 12.8 Å². The molecule has 0 atom stereocenters. The second-order valence-corrected chi connectivity index (χ2v) is 6.19. The van der Waals surface area contributed by atoms with Gasteiger partial charge in [-0.15, -0.1) is 0 Å². The summed E-state index contributed by atoms with van der Waals surface area (Å²) in [6.07, 6.45) is 0.116. The summed E-state index contributed by atoms with van der Waals surface area (Å²) in [6, 6.07) is 2.92. The van der Waals surface area contributed by atoms with Gasteiger partial charge in [0.15, 0.2) is 4.90 Å². The lowest BCUT2D eigenvalue weighted by atomic mass is 10.1. The Kier molecular flexibility index (Phi) is 3.82. The Morgan fingerprint density at radius 1 is 1.25 bits per heavy atom. The van der Waals surface area contributed by atoms with Crippen LogP contribution in [0.15, 0.2) is 23.1 Å². The van der Waals surface area contributed by atoms with Gasteiger partial charge in [-0.2, -0.15) is 8.70 Å². The monoisotopic (exact) mass is 302 g/mol. The van der Waals surface area contributed by atoms with E-state index < -0.39 is 31.3 Å². The number of nitro groups is 1. The van der Waals surface area contributed by atoms with Crippen molar-refractivity contribution in [2.75, 3.05) is 13.1 Å². The molecule has 0 aliphatic carbocycles. The van der Waals surface area contributed by atoms with Crippen molar-refractivity contribution in [2.24, 2.45) is 0 Å². The predicted molar refractivity (Wildman–Crippen MR) is 66.1 cm³/mol. The Morgan fingerprint density at radius 2 is 1.85 bits per heavy atom. The Labute approximate surface area is 114 Å². The highest BCUT2D eigenvalue weighted by Crippen LogP contribution is 2.30. The summed E-state index contributed by atoms with van der Waals surface area (Å²) in [5, 5.41) is 10.9. The molecule has 0 N–H and O–H groups in total. The fourth-order valence-electron chi connectivity index (χ4n) is 2.00. The molecule has 1 saturated heterocycles. The maximum Gasteiger partial charge on any atom is 0.324 e. The first-order valence-corrected chi connectivity index (χ1v) is 7.23. The number of para-hydroxylation sites is 1. The number of carbonyl (C=O) groups is 1. The SMILES string of the molecule is O=C1CCN(S(=O)(=O)c2cccc(F)c2[N+](=O)[O-])CC1. The number of nitrogens with zero attached hydrogens (tertiary/aromatic N) is 2. The standard InChI is InChI=1S/C11H11FN2O5S/c12-9-2-1-3-10(11(9)14(16)17)20(18,19)13-6-4-8(15)5-7-13/h1-3H,4-7H2. The van der Waals surface area contributed by atoms with Crippen LogP contribution in [-0.4, -0.2) is 36.5 Å². The number of hydrogen-bond donors (Lipinski definition) is 0. The van der Waals surface area contributed by atoms with E-state index in [1.54, 1.807) is 0 Å². The molecule has 0 bridgehead atoms. The van der Waals surface area contributed by atoms with Crippen molar-refractivity contribution < 1.29 is 22.5 Å². The van der Waals surface area contributed by atoms with E-state index in [1.807, 2.05) is 0 Å². The van der Waals surface area contributed by atoms with E-state index in [9.17, 15) is 27.7 Å². The van der Waals surface area contributed by atoms with E-state index in [4.69, 9.17) is 0 Å². The van der Waals surface area contributed by atoms with Gasteiger partial charge in [0, 0.05) is 25.9 Å². The average Bonchev–Trinajstić information content (AvgIpc) is 2.38. The van der Waals surface area contributed by atoms with Gasteiger partial charge in [0.2, 0.25) is 15.8 Å². The van der Waals surface area contributed by atoms with Crippen LogP contribution in [0.4, 0.5) is 10.1 Å². The normalized spacial score (nSPS) is 17.1. The summed E-state index contributed by atoms with van der Waals surface area (Å²) in [4.78, 5) is 20.2. The first-order valence-electron chi connectivity index (χ1n) is 5.79. The minimum Gasteiger partial charge on any atom is -0.300 e. The highest BCUT2D eigenvalue weighted by atomic mass is 32.2. The van der Waals surface area contributed by atoms with Crippen molar-refractivity contribution in [3.05, 3.63) is 34.1 Å². The van der Waals surface area contributed by atoms with Gasteiger partial charge in [-0.05, 0) is 12.1 Å². The number of hydrogen-bond acceptors (Lipinski definition) is 5. The van der Waals surface area contributed by atoms with Gasteiger partial charge in [-0.25, -0.2) is 8.42 Å². The third-order valence-corrected chi connectivity index (χ3v) is 4.96. The fraction of sp³-hybridized carbons (Fsp3) is 0.364. The molecule has 1 aliphatic rings. The average molecular weight is 302 g/mol.